The van der Waals surface area contributed by atoms with Crippen LogP contribution >= 0.6 is 11.6 Å². The van der Waals surface area contributed by atoms with Gasteiger partial charge >= 0.3 is 0 Å². The predicted molar refractivity (Wildman–Crippen MR) is 112 cm³/mol. The summed E-state index contributed by atoms with van der Waals surface area (Å²) in [4.78, 5) is 14.0. The lowest BCUT2D eigenvalue weighted by Gasteiger charge is -2.38. The van der Waals surface area contributed by atoms with E-state index in [4.69, 9.17) is 16.6 Å². The molecule has 0 saturated carbocycles. The molecule has 27 heavy (non-hydrogen) atoms. The number of hydrogen-bond donors (Lipinski definition) is 1. The Morgan fingerprint density at radius 3 is 2.33 bits per heavy atom. The summed E-state index contributed by atoms with van der Waals surface area (Å²) >= 11 is 6.40. The third-order valence-corrected chi connectivity index (χ3v) is 5.66. The summed E-state index contributed by atoms with van der Waals surface area (Å²) in [5.74, 6) is 0.787. The summed E-state index contributed by atoms with van der Waals surface area (Å²) in [5, 5.41) is 3.58. The Hall–Kier alpha value is -2.53. The molecule has 6 heteroatoms. The highest BCUT2D eigenvalue weighted by Gasteiger charge is 2.29. The van der Waals surface area contributed by atoms with Crippen molar-refractivity contribution in [2.24, 2.45) is 9.98 Å². The summed E-state index contributed by atoms with van der Waals surface area (Å²) in [6.45, 7) is 1.86. The van der Waals surface area contributed by atoms with Crippen molar-refractivity contribution < 1.29 is 0 Å². The first-order valence-corrected chi connectivity index (χ1v) is 9.95. The van der Waals surface area contributed by atoms with E-state index in [0.717, 1.165) is 44.7 Å². The molecule has 2 aromatic rings. The van der Waals surface area contributed by atoms with Crippen LogP contribution in [0.15, 0.2) is 58.5 Å². The monoisotopic (exact) mass is 379 g/mol. The molecule has 0 fully saturated rings. The standard InChI is InChI=1S/C21H22ClN5/c22-19-23-20(26-13-5-9-15-7-1-3-11-17(15)26)25-21(24-19)27-14-6-10-16-8-2-4-12-18(16)27/h1-4,7-8,11-12,20H,5-6,9-10,13-14H2,(H,23,24,25). The maximum Gasteiger partial charge on any atom is 0.223 e. The number of halogens is 1. The van der Waals surface area contributed by atoms with Gasteiger partial charge in [-0.15, -0.1) is 0 Å². The van der Waals surface area contributed by atoms with Crippen LogP contribution in [0.5, 0.6) is 0 Å². The van der Waals surface area contributed by atoms with Crippen LogP contribution in [-0.4, -0.2) is 30.6 Å². The summed E-state index contributed by atoms with van der Waals surface area (Å²) in [7, 11) is 0. The number of fused-ring (bicyclic) bond motifs is 2. The highest BCUT2D eigenvalue weighted by molar-refractivity contribution is 6.66. The average molecular weight is 380 g/mol. The van der Waals surface area contributed by atoms with Crippen LogP contribution < -0.4 is 15.1 Å². The van der Waals surface area contributed by atoms with Crippen LogP contribution in [0.3, 0.4) is 0 Å². The quantitative estimate of drug-likeness (QED) is 0.768. The molecule has 138 valence electrons. The van der Waals surface area contributed by atoms with E-state index in [-0.39, 0.29) is 6.29 Å². The topological polar surface area (TPSA) is 43.2 Å². The number of rotatable bonds is 1. The fourth-order valence-electron chi connectivity index (χ4n) is 4.23. The molecular weight excluding hydrogens is 358 g/mol. The van der Waals surface area contributed by atoms with Crippen molar-refractivity contribution in [1.29, 1.82) is 0 Å². The Balaban J connectivity index is 1.51. The average Bonchev–Trinajstić information content (AvgIpc) is 2.72. The van der Waals surface area contributed by atoms with Gasteiger partial charge in [-0.1, -0.05) is 36.4 Å². The number of guanidine groups is 1. The fourth-order valence-corrected chi connectivity index (χ4v) is 4.40. The minimum atomic E-state index is -0.329. The Labute approximate surface area is 164 Å². The molecule has 3 heterocycles. The second kappa shape index (κ2) is 6.89. The smallest absolute Gasteiger partial charge is 0.223 e. The van der Waals surface area contributed by atoms with Crippen molar-refractivity contribution in [3.8, 4) is 0 Å². The second-order valence-electron chi connectivity index (χ2n) is 7.15. The molecule has 5 rings (SSSR count). The zero-order valence-electron chi connectivity index (χ0n) is 15.1. The molecule has 0 spiro atoms. The van der Waals surface area contributed by atoms with Crippen LogP contribution in [0.1, 0.15) is 24.0 Å². The maximum absolute atomic E-state index is 6.40. The lowest BCUT2D eigenvalue weighted by atomic mass is 10.0. The Kier molecular flexibility index (Phi) is 4.24. The van der Waals surface area contributed by atoms with E-state index >= 15 is 0 Å². The first-order chi connectivity index (χ1) is 13.3. The van der Waals surface area contributed by atoms with Gasteiger partial charge in [-0.05, 0) is 60.5 Å². The number of amidine groups is 1. The van der Waals surface area contributed by atoms with E-state index in [1.54, 1.807) is 0 Å². The summed E-state index contributed by atoms with van der Waals surface area (Å²) in [6.07, 6.45) is 4.08. The highest BCUT2D eigenvalue weighted by atomic mass is 35.5. The Morgan fingerprint density at radius 2 is 1.52 bits per heavy atom. The van der Waals surface area contributed by atoms with E-state index in [0.29, 0.717) is 5.29 Å². The SMILES string of the molecule is ClC1=NC(N2CCCc3ccccc32)N=C(N2CCCc3ccccc32)N1. The summed E-state index contributed by atoms with van der Waals surface area (Å²) in [6, 6.07) is 17.1. The third kappa shape index (κ3) is 3.06. The molecule has 2 aromatic carbocycles. The zero-order chi connectivity index (χ0) is 18.2. The Bertz CT molecular complexity index is 922. The normalized spacial score (nSPS) is 21.6. The van der Waals surface area contributed by atoms with Gasteiger partial charge in [-0.25, -0.2) is 9.98 Å². The van der Waals surface area contributed by atoms with Crippen LogP contribution in [0.2, 0.25) is 0 Å². The van der Waals surface area contributed by atoms with Gasteiger partial charge in [0.05, 0.1) is 0 Å². The van der Waals surface area contributed by atoms with E-state index in [9.17, 15) is 0 Å². The molecule has 0 radical (unpaired) electrons. The van der Waals surface area contributed by atoms with Gasteiger partial charge in [0, 0.05) is 24.5 Å². The molecule has 1 N–H and O–H groups in total. The van der Waals surface area contributed by atoms with Crippen LogP contribution in [-0.2, 0) is 12.8 Å². The van der Waals surface area contributed by atoms with E-state index in [1.807, 2.05) is 0 Å². The number of aliphatic imine (C=N–C) groups is 2. The third-order valence-electron chi connectivity index (χ3n) is 5.47. The number of anilines is 2. The number of aryl methyl sites for hydroxylation is 2. The van der Waals surface area contributed by atoms with Crippen molar-refractivity contribution in [3.05, 3.63) is 59.7 Å². The van der Waals surface area contributed by atoms with Crippen molar-refractivity contribution in [2.75, 3.05) is 22.9 Å². The molecule has 3 aliphatic rings. The van der Waals surface area contributed by atoms with Crippen molar-refractivity contribution in [2.45, 2.75) is 32.0 Å². The number of benzene rings is 2. The molecule has 0 amide bonds. The van der Waals surface area contributed by atoms with Gasteiger partial charge in [0.25, 0.3) is 0 Å². The van der Waals surface area contributed by atoms with Gasteiger partial charge in [-0.3, -0.25) is 0 Å². The van der Waals surface area contributed by atoms with Crippen molar-refractivity contribution in [1.82, 2.24) is 5.32 Å². The van der Waals surface area contributed by atoms with E-state index in [1.165, 1.54) is 22.5 Å². The van der Waals surface area contributed by atoms with Crippen LogP contribution in [0.25, 0.3) is 0 Å². The van der Waals surface area contributed by atoms with Gasteiger partial charge in [-0.2, -0.15) is 0 Å². The number of nitrogens with zero attached hydrogens (tertiary/aromatic N) is 4. The lowest BCUT2D eigenvalue weighted by molar-refractivity contribution is 0.585. The van der Waals surface area contributed by atoms with Crippen molar-refractivity contribution >= 4 is 34.2 Å². The molecule has 0 bridgehead atoms. The number of nitrogens with one attached hydrogen (secondary N) is 1. The second-order valence-corrected chi connectivity index (χ2v) is 7.51. The van der Waals surface area contributed by atoms with Gasteiger partial charge < -0.3 is 15.1 Å². The minimum Gasteiger partial charge on any atom is -0.331 e. The summed E-state index contributed by atoms with van der Waals surface area (Å²) < 4.78 is 0. The van der Waals surface area contributed by atoms with Crippen molar-refractivity contribution in [3.63, 3.8) is 0 Å². The molecule has 1 unspecified atom stereocenters. The molecular formula is C21H22ClN5. The predicted octanol–water partition coefficient (Wildman–Crippen LogP) is 3.73. The van der Waals surface area contributed by atoms with Crippen LogP contribution in [0.4, 0.5) is 11.4 Å². The zero-order valence-corrected chi connectivity index (χ0v) is 15.9. The maximum atomic E-state index is 6.40. The first kappa shape index (κ1) is 16.6. The highest BCUT2D eigenvalue weighted by Crippen LogP contribution is 2.31. The molecule has 1 atom stereocenters. The first-order valence-electron chi connectivity index (χ1n) is 9.58. The lowest BCUT2D eigenvalue weighted by Crippen LogP contribution is -2.51. The molecule has 0 aliphatic carbocycles. The molecule has 0 saturated heterocycles. The minimum absolute atomic E-state index is 0.329. The number of para-hydroxylation sites is 2. The summed E-state index contributed by atoms with van der Waals surface area (Å²) in [5.41, 5.74) is 5.13. The van der Waals surface area contributed by atoms with E-state index in [2.05, 4.69) is 68.6 Å². The largest absolute Gasteiger partial charge is 0.331 e. The fraction of sp³-hybridized carbons (Fsp3) is 0.333. The molecule has 3 aliphatic heterocycles. The van der Waals surface area contributed by atoms with Gasteiger partial charge in [0.15, 0.2) is 0 Å². The van der Waals surface area contributed by atoms with Gasteiger partial charge in [0.2, 0.25) is 17.5 Å². The Morgan fingerprint density at radius 1 is 0.852 bits per heavy atom. The van der Waals surface area contributed by atoms with Gasteiger partial charge in [0.1, 0.15) is 0 Å². The van der Waals surface area contributed by atoms with E-state index < -0.39 is 0 Å². The number of hydrogen-bond acceptors (Lipinski definition) is 5. The molecule has 0 aromatic heterocycles. The van der Waals surface area contributed by atoms with Crippen LogP contribution in [0, 0.1) is 0 Å². The molecule has 5 nitrogen and oxygen atoms in total.